The van der Waals surface area contributed by atoms with Crippen LogP contribution < -0.4 is 0 Å². The second kappa shape index (κ2) is 5.21. The molecule has 6 rings (SSSR count). The van der Waals surface area contributed by atoms with Gasteiger partial charge in [0.15, 0.2) is 11.5 Å². The SMILES string of the molecule is c1cnc2[nH]c(-c3ccc4[nH]c(-c5cnc6occc6n5)nc4n3)cc2c1. The molecular weight excluding hydrogens is 342 g/mol. The van der Waals surface area contributed by atoms with E-state index in [0.29, 0.717) is 28.4 Å². The molecule has 0 aliphatic carbocycles. The molecule has 8 heteroatoms. The van der Waals surface area contributed by atoms with E-state index in [1.807, 2.05) is 30.3 Å². The van der Waals surface area contributed by atoms with Gasteiger partial charge in [-0.25, -0.2) is 24.9 Å². The van der Waals surface area contributed by atoms with Crippen molar-refractivity contribution in [1.29, 1.82) is 0 Å². The van der Waals surface area contributed by atoms with Gasteiger partial charge in [0, 0.05) is 17.6 Å². The van der Waals surface area contributed by atoms with Gasteiger partial charge in [-0.3, -0.25) is 0 Å². The normalized spacial score (nSPS) is 11.7. The van der Waals surface area contributed by atoms with Crippen LogP contribution in [0.4, 0.5) is 0 Å². The molecule has 0 spiro atoms. The molecular formula is C19H11N7O. The second-order valence-corrected chi connectivity index (χ2v) is 6.14. The van der Waals surface area contributed by atoms with Crippen molar-refractivity contribution in [1.82, 2.24) is 34.9 Å². The zero-order valence-electron chi connectivity index (χ0n) is 13.8. The van der Waals surface area contributed by atoms with Crippen LogP contribution in [0.3, 0.4) is 0 Å². The highest BCUT2D eigenvalue weighted by atomic mass is 16.3. The number of H-pyrrole nitrogens is 2. The van der Waals surface area contributed by atoms with Gasteiger partial charge in [-0.15, -0.1) is 0 Å². The lowest BCUT2D eigenvalue weighted by Gasteiger charge is -1.95. The molecule has 0 fully saturated rings. The number of aromatic amines is 2. The molecule has 0 atom stereocenters. The summed E-state index contributed by atoms with van der Waals surface area (Å²) in [6.45, 7) is 0. The summed E-state index contributed by atoms with van der Waals surface area (Å²) in [6.07, 6.45) is 4.96. The lowest BCUT2D eigenvalue weighted by Crippen LogP contribution is -1.88. The molecule has 0 amide bonds. The Morgan fingerprint density at radius 1 is 0.889 bits per heavy atom. The van der Waals surface area contributed by atoms with E-state index in [1.165, 1.54) is 0 Å². The van der Waals surface area contributed by atoms with Crippen molar-refractivity contribution in [2.45, 2.75) is 0 Å². The number of rotatable bonds is 2. The van der Waals surface area contributed by atoms with Crippen LogP contribution >= 0.6 is 0 Å². The average molecular weight is 353 g/mol. The maximum absolute atomic E-state index is 5.23. The van der Waals surface area contributed by atoms with Crippen LogP contribution in [0.25, 0.3) is 56.3 Å². The van der Waals surface area contributed by atoms with Crippen LogP contribution in [0.1, 0.15) is 0 Å². The van der Waals surface area contributed by atoms with E-state index < -0.39 is 0 Å². The van der Waals surface area contributed by atoms with E-state index in [9.17, 15) is 0 Å². The molecule has 0 unspecified atom stereocenters. The number of imidazole rings is 1. The molecule has 27 heavy (non-hydrogen) atoms. The van der Waals surface area contributed by atoms with Crippen molar-refractivity contribution in [3.8, 4) is 22.9 Å². The summed E-state index contributed by atoms with van der Waals surface area (Å²) in [6, 6.07) is 11.6. The van der Waals surface area contributed by atoms with Gasteiger partial charge >= 0.3 is 0 Å². The first-order valence-corrected chi connectivity index (χ1v) is 8.35. The van der Waals surface area contributed by atoms with Crippen LogP contribution in [-0.4, -0.2) is 34.9 Å². The fraction of sp³-hybridized carbons (Fsp3) is 0. The van der Waals surface area contributed by atoms with Crippen molar-refractivity contribution >= 4 is 33.4 Å². The number of nitrogens with zero attached hydrogens (tertiary/aromatic N) is 5. The Kier molecular flexibility index (Phi) is 2.73. The van der Waals surface area contributed by atoms with Crippen molar-refractivity contribution < 1.29 is 4.42 Å². The molecule has 6 aromatic heterocycles. The van der Waals surface area contributed by atoms with Crippen LogP contribution in [0, 0.1) is 0 Å². The molecule has 0 aliphatic rings. The molecule has 0 saturated heterocycles. The summed E-state index contributed by atoms with van der Waals surface area (Å²) in [5, 5.41) is 1.04. The number of hydrogen-bond donors (Lipinski definition) is 2. The van der Waals surface area contributed by atoms with E-state index in [1.54, 1.807) is 24.7 Å². The summed E-state index contributed by atoms with van der Waals surface area (Å²) >= 11 is 0. The monoisotopic (exact) mass is 353 g/mol. The van der Waals surface area contributed by atoms with Gasteiger partial charge in [-0.2, -0.15) is 0 Å². The molecule has 0 saturated carbocycles. The maximum Gasteiger partial charge on any atom is 0.245 e. The molecule has 6 heterocycles. The summed E-state index contributed by atoms with van der Waals surface area (Å²) in [5.41, 5.74) is 5.80. The van der Waals surface area contributed by atoms with Gasteiger partial charge in [0.25, 0.3) is 0 Å². The molecule has 0 radical (unpaired) electrons. The molecule has 6 aromatic rings. The second-order valence-electron chi connectivity index (χ2n) is 6.14. The Hall–Kier alpha value is -4.07. The first-order chi connectivity index (χ1) is 13.3. The van der Waals surface area contributed by atoms with Crippen molar-refractivity contribution in [2.24, 2.45) is 0 Å². The third kappa shape index (κ3) is 2.20. The molecule has 2 N–H and O–H groups in total. The van der Waals surface area contributed by atoms with Crippen LogP contribution in [-0.2, 0) is 0 Å². The first-order valence-electron chi connectivity index (χ1n) is 8.35. The van der Waals surface area contributed by atoms with Gasteiger partial charge in [0.2, 0.25) is 5.71 Å². The Balaban J connectivity index is 1.46. The highest BCUT2D eigenvalue weighted by Crippen LogP contribution is 2.25. The molecule has 128 valence electrons. The Morgan fingerprint density at radius 3 is 2.85 bits per heavy atom. The first kappa shape index (κ1) is 14.1. The number of fused-ring (bicyclic) bond motifs is 3. The van der Waals surface area contributed by atoms with Crippen LogP contribution in [0.5, 0.6) is 0 Å². The fourth-order valence-corrected chi connectivity index (χ4v) is 3.13. The predicted octanol–water partition coefficient (Wildman–Crippen LogP) is 3.70. The summed E-state index contributed by atoms with van der Waals surface area (Å²) < 4.78 is 5.23. The highest BCUT2D eigenvalue weighted by molar-refractivity contribution is 5.84. The van der Waals surface area contributed by atoms with E-state index in [0.717, 1.165) is 27.9 Å². The van der Waals surface area contributed by atoms with Gasteiger partial charge < -0.3 is 14.4 Å². The molecule has 0 bridgehead atoms. The minimum absolute atomic E-state index is 0.502. The maximum atomic E-state index is 5.23. The fourth-order valence-electron chi connectivity index (χ4n) is 3.13. The average Bonchev–Trinajstić information content (AvgIpc) is 3.42. The predicted molar refractivity (Wildman–Crippen MR) is 99.8 cm³/mol. The topological polar surface area (TPSA) is 109 Å². The van der Waals surface area contributed by atoms with E-state index >= 15 is 0 Å². The minimum atomic E-state index is 0.502. The van der Waals surface area contributed by atoms with Crippen molar-refractivity contribution in [3.05, 3.63) is 55.1 Å². The molecule has 0 aromatic carbocycles. The number of aromatic nitrogens is 7. The quantitative estimate of drug-likeness (QED) is 0.491. The van der Waals surface area contributed by atoms with Gasteiger partial charge in [0.05, 0.1) is 29.4 Å². The number of furan rings is 1. The smallest absolute Gasteiger partial charge is 0.245 e. The molecule has 0 aliphatic heterocycles. The van der Waals surface area contributed by atoms with Crippen molar-refractivity contribution in [2.75, 3.05) is 0 Å². The van der Waals surface area contributed by atoms with E-state index in [2.05, 4.69) is 34.9 Å². The van der Waals surface area contributed by atoms with Gasteiger partial charge in [0.1, 0.15) is 16.9 Å². The Bertz CT molecular complexity index is 1410. The number of nitrogens with one attached hydrogen (secondary N) is 2. The zero-order valence-corrected chi connectivity index (χ0v) is 13.8. The number of hydrogen-bond acceptors (Lipinski definition) is 6. The van der Waals surface area contributed by atoms with Gasteiger partial charge in [-0.05, 0) is 30.3 Å². The standard InChI is InChI=1S/C19H11N7O/c1-2-10-8-14(25-16(10)20-6-1)11-3-4-12-17(23-11)26-18(24-12)15-9-21-19-13(22-15)5-7-27-19/h1-9H,(H,20,25)(H,23,24,26). The lowest BCUT2D eigenvalue weighted by molar-refractivity contribution is 0.602. The summed E-state index contributed by atoms with van der Waals surface area (Å²) in [4.78, 5) is 28.9. The lowest BCUT2D eigenvalue weighted by atomic mass is 10.2. The zero-order chi connectivity index (χ0) is 17.8. The molecule has 8 nitrogen and oxygen atoms in total. The summed E-state index contributed by atoms with van der Waals surface area (Å²) in [5.74, 6) is 0.614. The van der Waals surface area contributed by atoms with E-state index in [-0.39, 0.29) is 0 Å². The van der Waals surface area contributed by atoms with Gasteiger partial charge in [-0.1, -0.05) is 0 Å². The van der Waals surface area contributed by atoms with Crippen molar-refractivity contribution in [3.63, 3.8) is 0 Å². The third-order valence-electron chi connectivity index (χ3n) is 4.43. The minimum Gasteiger partial charge on any atom is -0.445 e. The third-order valence-corrected chi connectivity index (χ3v) is 4.43. The number of pyridine rings is 2. The largest absolute Gasteiger partial charge is 0.445 e. The van der Waals surface area contributed by atoms with Crippen LogP contribution in [0.15, 0.2) is 59.5 Å². The van der Waals surface area contributed by atoms with E-state index in [4.69, 9.17) is 4.42 Å². The van der Waals surface area contributed by atoms with Crippen LogP contribution in [0.2, 0.25) is 0 Å². The summed E-state index contributed by atoms with van der Waals surface area (Å²) in [7, 11) is 0. The Labute approximate surface area is 151 Å². The Morgan fingerprint density at radius 2 is 1.89 bits per heavy atom. The highest BCUT2D eigenvalue weighted by Gasteiger charge is 2.12.